The van der Waals surface area contributed by atoms with E-state index < -0.39 is 34.3 Å². The molecule has 0 spiro atoms. The Morgan fingerprint density at radius 3 is 2.33 bits per heavy atom. The molecule has 2 aromatic carbocycles. The SMILES string of the molecule is CC(C)CNC(=O)C(C)N(Cc1cccc(Br)c1)C(=O)CN(c1cccc(F)c1)S(C)(=O)=O. The summed E-state index contributed by atoms with van der Waals surface area (Å²) >= 11 is 3.39. The van der Waals surface area contributed by atoms with Crippen molar-refractivity contribution in [1.82, 2.24) is 10.2 Å². The fourth-order valence-corrected chi connectivity index (χ4v) is 4.40. The van der Waals surface area contributed by atoms with Gasteiger partial charge in [0.2, 0.25) is 21.8 Å². The molecule has 0 heterocycles. The van der Waals surface area contributed by atoms with Crippen molar-refractivity contribution in [1.29, 1.82) is 0 Å². The van der Waals surface area contributed by atoms with Crippen molar-refractivity contribution in [2.45, 2.75) is 33.4 Å². The minimum Gasteiger partial charge on any atom is -0.354 e. The molecular weight excluding hydrogens is 513 g/mol. The molecule has 0 aliphatic carbocycles. The number of halogens is 2. The Balaban J connectivity index is 2.36. The zero-order chi connectivity index (χ0) is 24.8. The first-order valence-electron chi connectivity index (χ1n) is 10.4. The van der Waals surface area contributed by atoms with Crippen molar-refractivity contribution in [2.75, 3.05) is 23.7 Å². The lowest BCUT2D eigenvalue weighted by Gasteiger charge is -2.31. The van der Waals surface area contributed by atoms with Crippen LogP contribution in [0.3, 0.4) is 0 Å². The van der Waals surface area contributed by atoms with Crippen LogP contribution in [0, 0.1) is 11.7 Å². The molecule has 1 unspecified atom stereocenters. The molecule has 0 aliphatic rings. The Morgan fingerprint density at radius 2 is 1.76 bits per heavy atom. The molecule has 33 heavy (non-hydrogen) atoms. The molecular formula is C23H29BrFN3O4S. The molecule has 0 bridgehead atoms. The smallest absolute Gasteiger partial charge is 0.244 e. The molecule has 0 aliphatic heterocycles. The lowest BCUT2D eigenvalue weighted by Crippen LogP contribution is -2.51. The molecule has 0 radical (unpaired) electrons. The Morgan fingerprint density at radius 1 is 1.09 bits per heavy atom. The van der Waals surface area contributed by atoms with Gasteiger partial charge in [-0.05, 0) is 48.7 Å². The van der Waals surface area contributed by atoms with E-state index >= 15 is 0 Å². The van der Waals surface area contributed by atoms with Crippen molar-refractivity contribution >= 4 is 43.5 Å². The van der Waals surface area contributed by atoms with Gasteiger partial charge >= 0.3 is 0 Å². The number of hydrogen-bond acceptors (Lipinski definition) is 4. The summed E-state index contributed by atoms with van der Waals surface area (Å²) in [4.78, 5) is 27.4. The van der Waals surface area contributed by atoms with Gasteiger partial charge in [-0.2, -0.15) is 0 Å². The van der Waals surface area contributed by atoms with Gasteiger partial charge in [0.15, 0.2) is 0 Å². The number of carbonyl (C=O) groups is 2. The maximum Gasteiger partial charge on any atom is 0.244 e. The molecule has 0 saturated carbocycles. The predicted molar refractivity (Wildman–Crippen MR) is 131 cm³/mol. The fourth-order valence-electron chi connectivity index (χ4n) is 3.11. The summed E-state index contributed by atoms with van der Waals surface area (Å²) in [6.45, 7) is 5.48. The molecule has 180 valence electrons. The molecule has 1 atom stereocenters. The highest BCUT2D eigenvalue weighted by Gasteiger charge is 2.30. The van der Waals surface area contributed by atoms with E-state index in [0.29, 0.717) is 6.54 Å². The number of sulfonamides is 1. The normalized spacial score (nSPS) is 12.3. The van der Waals surface area contributed by atoms with E-state index in [1.807, 2.05) is 32.0 Å². The summed E-state index contributed by atoms with van der Waals surface area (Å²) in [5.41, 5.74) is 0.795. The van der Waals surface area contributed by atoms with Gasteiger partial charge in [-0.15, -0.1) is 0 Å². The average molecular weight is 542 g/mol. The van der Waals surface area contributed by atoms with Crippen LogP contribution >= 0.6 is 15.9 Å². The second kappa shape index (κ2) is 11.6. The van der Waals surface area contributed by atoms with Gasteiger partial charge in [0.1, 0.15) is 18.4 Å². The monoisotopic (exact) mass is 541 g/mol. The molecule has 0 aromatic heterocycles. The minimum absolute atomic E-state index is 0.0326. The van der Waals surface area contributed by atoms with Gasteiger partial charge in [0, 0.05) is 17.6 Å². The number of carbonyl (C=O) groups excluding carboxylic acids is 2. The second-order valence-electron chi connectivity index (χ2n) is 8.22. The Bertz CT molecular complexity index is 1090. The van der Waals surface area contributed by atoms with Crippen molar-refractivity contribution in [2.24, 2.45) is 5.92 Å². The van der Waals surface area contributed by atoms with Crippen LogP contribution in [0.15, 0.2) is 53.0 Å². The number of hydrogen-bond donors (Lipinski definition) is 1. The van der Waals surface area contributed by atoms with Gasteiger partial charge in [-0.1, -0.05) is 48.0 Å². The first-order chi connectivity index (χ1) is 15.4. The van der Waals surface area contributed by atoms with Crippen molar-refractivity contribution in [3.05, 3.63) is 64.4 Å². The Kier molecular flexibility index (Phi) is 9.42. The van der Waals surface area contributed by atoms with Crippen LogP contribution in [0.1, 0.15) is 26.3 Å². The summed E-state index contributed by atoms with van der Waals surface area (Å²) in [6, 6.07) is 11.4. The van der Waals surface area contributed by atoms with E-state index in [1.54, 1.807) is 13.0 Å². The molecule has 2 amide bonds. The number of anilines is 1. The molecule has 7 nitrogen and oxygen atoms in total. The Hall–Kier alpha value is -2.46. The predicted octanol–water partition coefficient (Wildman–Crippen LogP) is 3.54. The number of amides is 2. The van der Waals surface area contributed by atoms with Crippen molar-refractivity contribution in [3.63, 3.8) is 0 Å². The number of rotatable bonds is 10. The largest absolute Gasteiger partial charge is 0.354 e. The van der Waals surface area contributed by atoms with Gasteiger partial charge in [0.05, 0.1) is 11.9 Å². The highest BCUT2D eigenvalue weighted by Crippen LogP contribution is 2.20. The van der Waals surface area contributed by atoms with Gasteiger partial charge in [-0.25, -0.2) is 12.8 Å². The van der Waals surface area contributed by atoms with Crippen LogP contribution in [0.4, 0.5) is 10.1 Å². The Labute approximate surface area is 203 Å². The quantitative estimate of drug-likeness (QED) is 0.498. The zero-order valence-corrected chi connectivity index (χ0v) is 21.5. The van der Waals surface area contributed by atoms with Gasteiger partial charge < -0.3 is 10.2 Å². The molecule has 2 rings (SSSR count). The summed E-state index contributed by atoms with van der Waals surface area (Å²) in [7, 11) is -3.90. The van der Waals surface area contributed by atoms with Crippen LogP contribution < -0.4 is 9.62 Å². The third-order valence-corrected chi connectivity index (χ3v) is 6.50. The summed E-state index contributed by atoms with van der Waals surface area (Å²) in [5, 5.41) is 2.81. The van der Waals surface area contributed by atoms with Crippen LogP contribution in [0.5, 0.6) is 0 Å². The summed E-state index contributed by atoms with van der Waals surface area (Å²) < 4.78 is 40.3. The van der Waals surface area contributed by atoms with Crippen molar-refractivity contribution in [3.8, 4) is 0 Å². The molecule has 10 heteroatoms. The molecule has 2 aromatic rings. The third kappa shape index (κ3) is 8.12. The van der Waals surface area contributed by atoms with Crippen LogP contribution in [-0.4, -0.2) is 50.5 Å². The average Bonchev–Trinajstić information content (AvgIpc) is 2.72. The number of nitrogens with zero attached hydrogens (tertiary/aromatic N) is 2. The van der Waals surface area contributed by atoms with Crippen LogP contribution in [0.25, 0.3) is 0 Å². The minimum atomic E-state index is -3.90. The van der Waals surface area contributed by atoms with E-state index in [4.69, 9.17) is 0 Å². The first kappa shape index (κ1) is 26.8. The van der Waals surface area contributed by atoms with E-state index in [-0.39, 0.29) is 24.1 Å². The molecule has 1 N–H and O–H groups in total. The topological polar surface area (TPSA) is 86.8 Å². The fraction of sp³-hybridized carbons (Fsp3) is 0.391. The van der Waals surface area contributed by atoms with E-state index in [9.17, 15) is 22.4 Å². The highest BCUT2D eigenvalue weighted by atomic mass is 79.9. The standard InChI is InChI=1S/C23H29BrFN3O4S/c1-16(2)13-26-23(30)17(3)27(14-18-7-5-8-19(24)11-18)22(29)15-28(33(4,31)32)21-10-6-9-20(25)12-21/h5-12,16-17H,13-15H2,1-4H3,(H,26,30). The van der Waals surface area contributed by atoms with Crippen LogP contribution in [0.2, 0.25) is 0 Å². The van der Waals surface area contributed by atoms with Gasteiger partial charge in [0.25, 0.3) is 0 Å². The number of nitrogens with one attached hydrogen (secondary N) is 1. The molecule has 0 saturated heterocycles. The number of benzene rings is 2. The summed E-state index contributed by atoms with van der Waals surface area (Å²) in [5.74, 6) is -1.33. The van der Waals surface area contributed by atoms with Crippen LogP contribution in [-0.2, 0) is 26.2 Å². The molecule has 0 fully saturated rings. The first-order valence-corrected chi connectivity index (χ1v) is 13.1. The summed E-state index contributed by atoms with van der Waals surface area (Å²) in [6.07, 6.45) is 0.947. The third-order valence-electron chi connectivity index (χ3n) is 4.87. The second-order valence-corrected chi connectivity index (χ2v) is 11.0. The lowest BCUT2D eigenvalue weighted by atomic mass is 10.1. The maximum absolute atomic E-state index is 13.7. The van der Waals surface area contributed by atoms with Gasteiger partial charge in [-0.3, -0.25) is 13.9 Å². The lowest BCUT2D eigenvalue weighted by molar-refractivity contribution is -0.139. The van der Waals surface area contributed by atoms with E-state index in [1.165, 1.54) is 23.1 Å². The zero-order valence-electron chi connectivity index (χ0n) is 19.1. The van der Waals surface area contributed by atoms with E-state index in [2.05, 4.69) is 21.2 Å². The highest BCUT2D eigenvalue weighted by molar-refractivity contribution is 9.10. The van der Waals surface area contributed by atoms with E-state index in [0.717, 1.165) is 26.7 Å². The maximum atomic E-state index is 13.7. The van der Waals surface area contributed by atoms with Crippen molar-refractivity contribution < 1.29 is 22.4 Å².